The zero-order valence-electron chi connectivity index (χ0n) is 19.4. The molecule has 7 heteroatoms. The maximum atomic E-state index is 13.4. The van der Waals surface area contributed by atoms with E-state index >= 15 is 0 Å². The summed E-state index contributed by atoms with van der Waals surface area (Å²) in [5.41, 5.74) is 9.51. The zero-order chi connectivity index (χ0) is 24.1. The van der Waals surface area contributed by atoms with Gasteiger partial charge in [-0.25, -0.2) is 8.42 Å². The Hall–Kier alpha value is -3.16. The van der Waals surface area contributed by atoms with Gasteiger partial charge in [-0.3, -0.25) is 4.79 Å². The van der Waals surface area contributed by atoms with Gasteiger partial charge in [0.1, 0.15) is 10.6 Å². The van der Waals surface area contributed by atoms with Gasteiger partial charge in [0.2, 0.25) is 0 Å². The molecule has 1 amide bonds. The highest BCUT2D eigenvalue weighted by Gasteiger charge is 2.23. The molecule has 2 N–H and O–H groups in total. The van der Waals surface area contributed by atoms with Crippen molar-refractivity contribution in [3.8, 4) is 16.9 Å². The summed E-state index contributed by atoms with van der Waals surface area (Å²) < 4.78 is 32.3. The first-order chi connectivity index (χ1) is 16.4. The fourth-order valence-corrected chi connectivity index (χ4v) is 5.65. The van der Waals surface area contributed by atoms with Gasteiger partial charge in [0.15, 0.2) is 9.84 Å². The van der Waals surface area contributed by atoms with Crippen LogP contribution in [-0.2, 0) is 22.0 Å². The van der Waals surface area contributed by atoms with Crippen LogP contribution in [0, 0.1) is 0 Å². The van der Waals surface area contributed by atoms with Crippen LogP contribution < -0.4 is 10.5 Å². The van der Waals surface area contributed by atoms with Crippen molar-refractivity contribution in [3.63, 3.8) is 0 Å². The summed E-state index contributed by atoms with van der Waals surface area (Å²) in [6, 6.07) is 20.1. The Kier molecular flexibility index (Phi) is 7.34. The van der Waals surface area contributed by atoms with Gasteiger partial charge < -0.3 is 15.4 Å². The fraction of sp³-hybridized carbons (Fsp3) is 0.296. The maximum Gasteiger partial charge on any atom is 0.253 e. The molecule has 34 heavy (non-hydrogen) atoms. The van der Waals surface area contributed by atoms with Crippen molar-refractivity contribution in [2.75, 3.05) is 26.7 Å². The molecule has 0 unspecified atom stereocenters. The first kappa shape index (κ1) is 24.0. The molecule has 3 aromatic carbocycles. The Morgan fingerprint density at radius 1 is 0.971 bits per heavy atom. The first-order valence-corrected chi connectivity index (χ1v) is 13.1. The number of benzene rings is 3. The Balaban J connectivity index is 1.64. The molecule has 0 spiro atoms. The molecule has 6 nitrogen and oxygen atoms in total. The van der Waals surface area contributed by atoms with Crippen LogP contribution in [0.4, 0.5) is 0 Å². The number of likely N-dealkylation sites (tertiary alicyclic amines) is 1. The van der Waals surface area contributed by atoms with Crippen LogP contribution in [0.5, 0.6) is 5.75 Å². The molecule has 1 heterocycles. The molecular weight excluding hydrogens is 448 g/mol. The number of carbonyl (C=O) groups excluding carboxylic acids is 1. The second-order valence-corrected chi connectivity index (χ2v) is 10.5. The van der Waals surface area contributed by atoms with Crippen molar-refractivity contribution in [2.24, 2.45) is 5.73 Å². The van der Waals surface area contributed by atoms with E-state index in [0.717, 1.165) is 49.0 Å². The lowest BCUT2D eigenvalue weighted by Gasteiger charge is -2.31. The first-order valence-electron chi connectivity index (χ1n) is 11.5. The predicted octanol–water partition coefficient (Wildman–Crippen LogP) is 4.07. The third-order valence-electron chi connectivity index (χ3n) is 6.10. The molecular formula is C27H30N2O4S. The van der Waals surface area contributed by atoms with Crippen molar-refractivity contribution in [1.82, 2.24) is 4.90 Å². The maximum absolute atomic E-state index is 13.4. The van der Waals surface area contributed by atoms with E-state index in [1.54, 1.807) is 18.2 Å². The van der Waals surface area contributed by atoms with E-state index < -0.39 is 9.84 Å². The number of hydrogen-bond donors (Lipinski definition) is 1. The predicted molar refractivity (Wildman–Crippen MR) is 134 cm³/mol. The number of nitrogens with zero attached hydrogens (tertiary/aromatic N) is 1. The fourth-order valence-electron chi connectivity index (χ4n) is 4.11. The molecule has 1 aliphatic heterocycles. The van der Waals surface area contributed by atoms with Gasteiger partial charge in [-0.15, -0.1) is 0 Å². The molecule has 1 fully saturated rings. The average molecular weight is 479 g/mol. The Bertz CT molecular complexity index is 1280. The van der Waals surface area contributed by atoms with Gasteiger partial charge in [-0.2, -0.15) is 0 Å². The average Bonchev–Trinajstić information content (AvgIpc) is 2.81. The molecule has 0 radical (unpaired) electrons. The van der Waals surface area contributed by atoms with Crippen LogP contribution in [0.2, 0.25) is 0 Å². The highest BCUT2D eigenvalue weighted by Crippen LogP contribution is 2.32. The quantitative estimate of drug-likeness (QED) is 0.501. The number of aryl methyl sites for hydroxylation is 1. The standard InChI is InChI=1S/C27H30N2O4S/c1-33-25-12-11-23(22-9-3-10-24(17-22)27(30)29-14-5-15-29)18-26(25)34(31,32)19-21-7-2-6-20(16-21)8-4-13-28/h2-3,6-7,9-12,16-18H,4-5,8,13-15,19,28H2,1H3. The number of rotatable bonds is 9. The molecule has 0 bridgehead atoms. The SMILES string of the molecule is COc1ccc(-c2cccc(C(=O)N3CCC3)c2)cc1S(=O)(=O)Cc1cccc(CCCN)c1. The van der Waals surface area contributed by atoms with Gasteiger partial charge in [0, 0.05) is 18.7 Å². The normalized spacial score (nSPS) is 13.4. The molecule has 0 aromatic heterocycles. The largest absolute Gasteiger partial charge is 0.495 e. The highest BCUT2D eigenvalue weighted by molar-refractivity contribution is 7.90. The summed E-state index contributed by atoms with van der Waals surface area (Å²) in [6.07, 6.45) is 2.70. The Morgan fingerprint density at radius 2 is 1.71 bits per heavy atom. The number of nitrogens with two attached hydrogens (primary N) is 1. The van der Waals surface area contributed by atoms with Crippen molar-refractivity contribution >= 4 is 15.7 Å². The molecule has 1 saturated heterocycles. The van der Waals surface area contributed by atoms with Gasteiger partial charge >= 0.3 is 0 Å². The number of hydrogen-bond acceptors (Lipinski definition) is 5. The summed E-state index contributed by atoms with van der Waals surface area (Å²) in [5, 5.41) is 0. The van der Waals surface area contributed by atoms with E-state index in [0.29, 0.717) is 23.4 Å². The summed E-state index contributed by atoms with van der Waals surface area (Å²) in [4.78, 5) is 14.6. The molecule has 0 atom stereocenters. The van der Waals surface area contributed by atoms with Crippen LogP contribution in [0.15, 0.2) is 71.6 Å². The third kappa shape index (κ3) is 5.32. The van der Waals surface area contributed by atoms with Gasteiger partial charge in [-0.05, 0) is 72.3 Å². The van der Waals surface area contributed by atoms with Gasteiger partial charge in [0.05, 0.1) is 12.9 Å². The van der Waals surface area contributed by atoms with E-state index in [2.05, 4.69) is 0 Å². The van der Waals surface area contributed by atoms with Gasteiger partial charge in [-0.1, -0.05) is 42.5 Å². The minimum atomic E-state index is -3.68. The number of ether oxygens (including phenoxy) is 1. The number of methoxy groups -OCH3 is 1. The highest BCUT2D eigenvalue weighted by atomic mass is 32.2. The summed E-state index contributed by atoms with van der Waals surface area (Å²) in [5.74, 6) is 0.177. The van der Waals surface area contributed by atoms with Gasteiger partial charge in [0.25, 0.3) is 5.91 Å². The van der Waals surface area contributed by atoms with Crippen LogP contribution in [0.3, 0.4) is 0 Å². The Labute approximate surface area is 201 Å². The van der Waals surface area contributed by atoms with E-state index in [1.807, 2.05) is 53.4 Å². The third-order valence-corrected chi connectivity index (χ3v) is 7.81. The lowest BCUT2D eigenvalue weighted by Crippen LogP contribution is -2.41. The minimum absolute atomic E-state index is 0.00368. The summed E-state index contributed by atoms with van der Waals surface area (Å²) in [7, 11) is -2.22. The van der Waals surface area contributed by atoms with Crippen molar-refractivity contribution < 1.29 is 17.9 Å². The lowest BCUT2D eigenvalue weighted by molar-refractivity contribution is 0.0652. The number of carbonyl (C=O) groups is 1. The molecule has 178 valence electrons. The lowest BCUT2D eigenvalue weighted by atomic mass is 10.0. The van der Waals surface area contributed by atoms with Crippen molar-refractivity contribution in [1.29, 1.82) is 0 Å². The van der Waals surface area contributed by atoms with E-state index in [1.165, 1.54) is 7.11 Å². The Morgan fingerprint density at radius 3 is 2.41 bits per heavy atom. The van der Waals surface area contributed by atoms with Crippen LogP contribution in [0.1, 0.15) is 34.3 Å². The molecule has 3 aromatic rings. The van der Waals surface area contributed by atoms with E-state index in [9.17, 15) is 13.2 Å². The molecule has 4 rings (SSSR count). The van der Waals surface area contributed by atoms with Crippen molar-refractivity contribution in [2.45, 2.75) is 29.9 Å². The van der Waals surface area contributed by atoms with Crippen LogP contribution in [0.25, 0.3) is 11.1 Å². The minimum Gasteiger partial charge on any atom is -0.495 e. The molecule has 1 aliphatic rings. The second kappa shape index (κ2) is 10.4. The topological polar surface area (TPSA) is 89.7 Å². The smallest absolute Gasteiger partial charge is 0.253 e. The second-order valence-electron chi connectivity index (χ2n) is 8.56. The van der Waals surface area contributed by atoms with Crippen LogP contribution in [-0.4, -0.2) is 46.0 Å². The monoisotopic (exact) mass is 478 g/mol. The number of amides is 1. The summed E-state index contributed by atoms with van der Waals surface area (Å²) in [6.45, 7) is 2.15. The molecule has 0 saturated carbocycles. The number of sulfone groups is 1. The summed E-state index contributed by atoms with van der Waals surface area (Å²) >= 11 is 0. The molecule has 0 aliphatic carbocycles. The van der Waals surface area contributed by atoms with E-state index in [-0.39, 0.29) is 16.6 Å². The van der Waals surface area contributed by atoms with Crippen molar-refractivity contribution in [3.05, 3.63) is 83.4 Å². The van der Waals surface area contributed by atoms with Crippen LogP contribution >= 0.6 is 0 Å². The zero-order valence-corrected chi connectivity index (χ0v) is 20.2. The van der Waals surface area contributed by atoms with E-state index in [4.69, 9.17) is 10.5 Å².